The molecule has 0 unspecified atom stereocenters. The summed E-state index contributed by atoms with van der Waals surface area (Å²) in [5.74, 6) is 0. The normalized spacial score (nSPS) is 13.6. The number of hydrogen-bond donors (Lipinski definition) is 0. The Morgan fingerprint density at radius 1 is 0.280 bits per heavy atom. The first-order chi connectivity index (χ1) is 27.7. The Labute approximate surface area is 301 Å². The fraction of sp³-hybridized carbons (Fsp3) is 0. The molecule has 232 valence electrons. The van der Waals surface area contributed by atoms with E-state index in [-0.39, 0.29) is 58.6 Å². The molecule has 10 aromatic rings. The fourth-order valence-electron chi connectivity index (χ4n) is 7.35. The monoisotopic (exact) mass is 639 g/mol. The number of benzene rings is 10. The van der Waals surface area contributed by atoms with Gasteiger partial charge in [-0.1, -0.05) is 164 Å². The first-order valence-corrected chi connectivity index (χ1v) is 16.8. The average Bonchev–Trinajstić information content (AvgIpc) is 3.25. The molecule has 50 heavy (non-hydrogen) atoms. The molecule has 0 spiro atoms. The Morgan fingerprint density at radius 2 is 0.700 bits per heavy atom. The summed E-state index contributed by atoms with van der Waals surface area (Å²) in [7, 11) is 0. The van der Waals surface area contributed by atoms with Crippen LogP contribution < -0.4 is 0 Å². The Kier molecular flexibility index (Phi) is 5.14. The molecule has 0 heteroatoms. The molecule has 10 aromatic carbocycles. The van der Waals surface area contributed by atoms with Gasteiger partial charge in [-0.15, -0.1) is 0 Å². The molecule has 0 nitrogen and oxygen atoms in total. The summed E-state index contributed by atoms with van der Waals surface area (Å²) in [6.45, 7) is 0. The van der Waals surface area contributed by atoms with E-state index in [1.54, 1.807) is 0 Å². The van der Waals surface area contributed by atoms with Crippen LogP contribution in [0, 0.1) is 0 Å². The van der Waals surface area contributed by atoms with Crippen LogP contribution in [0.25, 0.3) is 98.4 Å². The smallest absolute Gasteiger partial charge is 0.0616 e. The maximum absolute atomic E-state index is 10.1. The first-order valence-electron chi connectivity index (χ1n) is 20.3. The quantitative estimate of drug-likeness (QED) is 0.168. The number of fused-ring (bicyclic) bond motifs is 5. The van der Waals surface area contributed by atoms with Crippen LogP contribution in [0.4, 0.5) is 0 Å². The van der Waals surface area contributed by atoms with Crippen LogP contribution in [0.1, 0.15) is 9.60 Å². The lowest BCUT2D eigenvalue weighted by Gasteiger charge is -2.19. The highest BCUT2D eigenvalue weighted by Crippen LogP contribution is 2.46. The second kappa shape index (κ2) is 11.6. The fourth-order valence-corrected chi connectivity index (χ4v) is 7.35. The van der Waals surface area contributed by atoms with Crippen LogP contribution in [0.15, 0.2) is 194 Å². The number of rotatable bonds is 4. The van der Waals surface area contributed by atoms with Crippen LogP contribution in [0.5, 0.6) is 0 Å². The SMILES string of the molecule is [2H]c1c([2H])c([2H])c2c(-c3ccc4ccccc4c3)c3c([2H])c(-c4ccc5ccccc5c4)c([2H])c([2H])c3c(-c3cccc(-c4ccc5ccccc5c4)c3)c2c1[2H]. The van der Waals surface area contributed by atoms with Crippen molar-refractivity contribution in [2.24, 2.45) is 0 Å². The van der Waals surface area contributed by atoms with E-state index >= 15 is 0 Å². The minimum Gasteiger partial charge on any atom is -0.0616 e. The summed E-state index contributed by atoms with van der Waals surface area (Å²) < 4.78 is 66.3. The molecule has 0 saturated carbocycles. The third kappa shape index (κ3) is 4.77. The highest BCUT2D eigenvalue weighted by molar-refractivity contribution is 6.22. The van der Waals surface area contributed by atoms with Gasteiger partial charge in [-0.2, -0.15) is 0 Å². The summed E-state index contributed by atoms with van der Waals surface area (Å²) >= 11 is 0. The molecule has 0 aromatic heterocycles. The van der Waals surface area contributed by atoms with E-state index in [2.05, 4.69) is 30.3 Å². The van der Waals surface area contributed by atoms with E-state index in [0.29, 0.717) is 38.6 Å². The highest BCUT2D eigenvalue weighted by Gasteiger charge is 2.18. The number of hydrogen-bond acceptors (Lipinski definition) is 0. The molecule has 0 atom stereocenters. The summed E-state index contributed by atoms with van der Waals surface area (Å²) in [6, 6.07) is 48.2. The van der Waals surface area contributed by atoms with Crippen LogP contribution in [0.2, 0.25) is 0 Å². The Balaban J connectivity index is 1.39. The molecule has 0 fully saturated rings. The summed E-state index contributed by atoms with van der Waals surface area (Å²) in [5.41, 5.74) is 4.87. The van der Waals surface area contributed by atoms with Gasteiger partial charge in [0.15, 0.2) is 0 Å². The van der Waals surface area contributed by atoms with Gasteiger partial charge in [-0.05, 0) is 129 Å². The van der Waals surface area contributed by atoms with E-state index < -0.39 is 0 Å². The van der Waals surface area contributed by atoms with Crippen molar-refractivity contribution in [2.45, 2.75) is 0 Å². The van der Waals surface area contributed by atoms with Crippen molar-refractivity contribution in [3.05, 3.63) is 194 Å². The first kappa shape index (κ1) is 22.2. The summed E-state index contributed by atoms with van der Waals surface area (Å²) in [4.78, 5) is 0. The van der Waals surface area contributed by atoms with Crippen molar-refractivity contribution in [3.8, 4) is 44.5 Å². The molecule has 0 aliphatic carbocycles. The maximum Gasteiger partial charge on any atom is 0.0636 e. The third-order valence-corrected chi connectivity index (χ3v) is 9.81. The maximum atomic E-state index is 10.1. The standard InChI is InChI=1S/C50H32/c1-4-13-36-28-40(23-20-33(36)10-1)39-16-9-17-43(31-39)49-45-18-7-8-19-46(45)50(44-25-22-35-12-3-6-15-38(35)30-44)48-32-42(26-27-47(48)49)41-24-21-34-11-2-5-14-37(34)29-41/h1-32H/i7D,8D,18D,19D,26D,27D,32D. The van der Waals surface area contributed by atoms with Gasteiger partial charge < -0.3 is 0 Å². The Morgan fingerprint density at radius 3 is 1.30 bits per heavy atom. The van der Waals surface area contributed by atoms with Gasteiger partial charge in [0.2, 0.25) is 0 Å². The second-order valence-corrected chi connectivity index (χ2v) is 12.8. The van der Waals surface area contributed by atoms with Gasteiger partial charge in [0.25, 0.3) is 0 Å². The lowest BCUT2D eigenvalue weighted by Crippen LogP contribution is -1.92. The molecule has 0 aliphatic heterocycles. The molecule has 0 saturated heterocycles. The highest BCUT2D eigenvalue weighted by atomic mass is 14.2. The average molecular weight is 640 g/mol. The molecular formula is C50H32. The predicted octanol–water partition coefficient (Wildman–Crippen LogP) is 14.1. The minimum atomic E-state index is -0.389. The Bertz CT molecular complexity index is 3330. The van der Waals surface area contributed by atoms with Crippen molar-refractivity contribution in [2.75, 3.05) is 0 Å². The van der Waals surface area contributed by atoms with E-state index in [1.165, 1.54) is 0 Å². The van der Waals surface area contributed by atoms with Gasteiger partial charge in [0.1, 0.15) is 0 Å². The second-order valence-electron chi connectivity index (χ2n) is 12.8. The molecule has 0 radical (unpaired) electrons. The zero-order valence-corrected chi connectivity index (χ0v) is 26.9. The van der Waals surface area contributed by atoms with Crippen molar-refractivity contribution in [3.63, 3.8) is 0 Å². The van der Waals surface area contributed by atoms with Crippen LogP contribution in [0.3, 0.4) is 0 Å². The van der Waals surface area contributed by atoms with Gasteiger partial charge in [-0.3, -0.25) is 0 Å². The molecule has 10 rings (SSSR count). The van der Waals surface area contributed by atoms with Crippen molar-refractivity contribution < 1.29 is 9.60 Å². The molecule has 0 N–H and O–H groups in total. The topological polar surface area (TPSA) is 0 Å². The van der Waals surface area contributed by atoms with Crippen molar-refractivity contribution in [1.29, 1.82) is 0 Å². The largest absolute Gasteiger partial charge is 0.0636 e. The zero-order chi connectivity index (χ0) is 39.1. The van der Waals surface area contributed by atoms with E-state index in [1.807, 2.05) is 121 Å². The van der Waals surface area contributed by atoms with Gasteiger partial charge >= 0.3 is 0 Å². The van der Waals surface area contributed by atoms with Crippen LogP contribution >= 0.6 is 0 Å². The predicted molar refractivity (Wildman–Crippen MR) is 216 cm³/mol. The summed E-state index contributed by atoms with van der Waals surface area (Å²) in [5, 5.41) is 7.24. The molecular weight excluding hydrogens is 601 g/mol. The summed E-state index contributed by atoms with van der Waals surface area (Å²) in [6.07, 6.45) is 0. The van der Waals surface area contributed by atoms with Crippen molar-refractivity contribution >= 4 is 53.9 Å². The molecule has 0 heterocycles. The van der Waals surface area contributed by atoms with Crippen LogP contribution in [-0.2, 0) is 0 Å². The lowest BCUT2D eigenvalue weighted by atomic mass is 9.84. The van der Waals surface area contributed by atoms with Gasteiger partial charge in [0.05, 0.1) is 9.60 Å². The molecule has 0 bridgehead atoms. The molecule has 0 amide bonds. The zero-order valence-electron chi connectivity index (χ0n) is 33.9. The lowest BCUT2D eigenvalue weighted by molar-refractivity contribution is 1.62. The van der Waals surface area contributed by atoms with E-state index in [9.17, 15) is 6.85 Å². The Hall–Kier alpha value is -6.50. The minimum absolute atomic E-state index is 0.0192. The van der Waals surface area contributed by atoms with Gasteiger partial charge in [-0.25, -0.2) is 0 Å². The third-order valence-electron chi connectivity index (χ3n) is 9.81. The van der Waals surface area contributed by atoms with Crippen molar-refractivity contribution in [1.82, 2.24) is 0 Å². The van der Waals surface area contributed by atoms with Gasteiger partial charge in [0, 0.05) is 0 Å². The van der Waals surface area contributed by atoms with E-state index in [4.69, 9.17) is 2.74 Å². The molecule has 0 aliphatic rings. The van der Waals surface area contributed by atoms with Crippen LogP contribution in [-0.4, -0.2) is 0 Å². The van der Waals surface area contributed by atoms with E-state index in [0.717, 1.165) is 43.4 Å².